The van der Waals surface area contributed by atoms with Gasteiger partial charge in [-0.1, -0.05) is 26.8 Å². The van der Waals surface area contributed by atoms with Gasteiger partial charge in [0.15, 0.2) is 0 Å². The lowest BCUT2D eigenvalue weighted by atomic mass is 9.96. The number of nitrogens with one attached hydrogen (secondary N) is 1. The Morgan fingerprint density at radius 3 is 2.74 bits per heavy atom. The molecule has 2 aromatic heterocycles. The van der Waals surface area contributed by atoms with Crippen LogP contribution in [0.4, 0.5) is 0 Å². The molecule has 0 fully saturated rings. The second-order valence-corrected chi connectivity index (χ2v) is 5.96. The molecule has 0 aliphatic heterocycles. The van der Waals surface area contributed by atoms with Crippen LogP contribution in [0.2, 0.25) is 0 Å². The predicted molar refractivity (Wildman–Crippen MR) is 76.1 cm³/mol. The number of carbonyl (C=O) groups is 1. The van der Waals surface area contributed by atoms with Crippen LogP contribution in [0.5, 0.6) is 0 Å². The first-order valence-electron chi connectivity index (χ1n) is 6.59. The Balaban J connectivity index is 1.97. The van der Waals surface area contributed by atoms with Gasteiger partial charge in [0.05, 0.1) is 5.69 Å². The van der Waals surface area contributed by atoms with E-state index in [9.17, 15) is 4.79 Å². The lowest BCUT2D eigenvalue weighted by molar-refractivity contribution is -0.128. The fourth-order valence-corrected chi connectivity index (χ4v) is 1.85. The highest BCUT2D eigenvalue weighted by atomic mass is 16.2. The van der Waals surface area contributed by atoms with Gasteiger partial charge in [-0.15, -0.1) is 0 Å². The zero-order valence-electron chi connectivity index (χ0n) is 12.0. The third-order valence-corrected chi connectivity index (χ3v) is 3.00. The Hall–Kier alpha value is -1.84. The van der Waals surface area contributed by atoms with Crippen LogP contribution in [-0.2, 0) is 11.2 Å². The molecule has 0 aliphatic rings. The molecule has 0 saturated carbocycles. The zero-order valence-corrected chi connectivity index (χ0v) is 12.0. The summed E-state index contributed by atoms with van der Waals surface area (Å²) in [7, 11) is 0. The Kier molecular flexibility index (Phi) is 3.60. The van der Waals surface area contributed by atoms with Crippen LogP contribution >= 0.6 is 0 Å². The van der Waals surface area contributed by atoms with Gasteiger partial charge < -0.3 is 9.72 Å². The van der Waals surface area contributed by atoms with Gasteiger partial charge in [0, 0.05) is 30.8 Å². The number of aromatic nitrogens is 2. The second kappa shape index (κ2) is 5.03. The van der Waals surface area contributed by atoms with Crippen molar-refractivity contribution in [2.24, 2.45) is 5.41 Å². The van der Waals surface area contributed by atoms with E-state index in [1.54, 1.807) is 0 Å². The van der Waals surface area contributed by atoms with Crippen molar-refractivity contribution in [1.29, 1.82) is 0 Å². The van der Waals surface area contributed by atoms with Crippen LogP contribution in [0.15, 0.2) is 24.5 Å². The van der Waals surface area contributed by atoms with Gasteiger partial charge in [-0.05, 0) is 18.6 Å². The van der Waals surface area contributed by atoms with Crippen LogP contribution in [0.25, 0.3) is 5.65 Å². The van der Waals surface area contributed by atoms with E-state index in [4.69, 9.17) is 0 Å². The summed E-state index contributed by atoms with van der Waals surface area (Å²) in [5, 5.41) is 2.94. The van der Waals surface area contributed by atoms with E-state index in [0.717, 1.165) is 17.8 Å². The summed E-state index contributed by atoms with van der Waals surface area (Å²) in [4.78, 5) is 16.3. The fourth-order valence-electron chi connectivity index (χ4n) is 1.85. The van der Waals surface area contributed by atoms with E-state index >= 15 is 0 Å². The molecule has 0 unspecified atom stereocenters. The smallest absolute Gasteiger partial charge is 0.225 e. The van der Waals surface area contributed by atoms with Crippen molar-refractivity contribution in [2.45, 2.75) is 34.1 Å². The van der Waals surface area contributed by atoms with Crippen molar-refractivity contribution < 1.29 is 4.79 Å². The maximum Gasteiger partial charge on any atom is 0.225 e. The van der Waals surface area contributed by atoms with E-state index < -0.39 is 0 Å². The van der Waals surface area contributed by atoms with Crippen molar-refractivity contribution in [2.75, 3.05) is 6.54 Å². The fraction of sp³-hybridized carbons (Fsp3) is 0.467. The van der Waals surface area contributed by atoms with Gasteiger partial charge >= 0.3 is 0 Å². The number of carbonyl (C=O) groups excluding carboxylic acids is 1. The minimum absolute atomic E-state index is 0.0760. The molecular weight excluding hydrogens is 238 g/mol. The summed E-state index contributed by atoms with van der Waals surface area (Å²) < 4.78 is 2.02. The molecule has 0 bridgehead atoms. The van der Waals surface area contributed by atoms with E-state index in [1.807, 2.05) is 43.5 Å². The number of hydrogen-bond donors (Lipinski definition) is 1. The maximum atomic E-state index is 11.7. The number of aryl methyl sites for hydroxylation is 1. The molecule has 4 nitrogen and oxygen atoms in total. The average molecular weight is 259 g/mol. The SMILES string of the molecule is Cc1ccc2nc(CCNC(=O)C(C)(C)C)cn2c1. The highest BCUT2D eigenvalue weighted by Crippen LogP contribution is 2.12. The van der Waals surface area contributed by atoms with Crippen molar-refractivity contribution >= 4 is 11.6 Å². The van der Waals surface area contributed by atoms with Crippen molar-refractivity contribution in [3.8, 4) is 0 Å². The van der Waals surface area contributed by atoms with Crippen LogP contribution in [0, 0.1) is 12.3 Å². The molecule has 1 amide bonds. The topological polar surface area (TPSA) is 46.4 Å². The Morgan fingerprint density at radius 2 is 2.05 bits per heavy atom. The predicted octanol–water partition coefficient (Wildman–Crippen LogP) is 2.35. The normalized spacial score (nSPS) is 11.8. The zero-order chi connectivity index (χ0) is 14.0. The van der Waals surface area contributed by atoms with E-state index in [2.05, 4.69) is 23.4 Å². The molecule has 102 valence electrons. The third-order valence-electron chi connectivity index (χ3n) is 3.00. The van der Waals surface area contributed by atoms with Crippen LogP contribution in [-0.4, -0.2) is 21.8 Å². The summed E-state index contributed by atoms with van der Waals surface area (Å²) in [6.45, 7) is 8.42. The second-order valence-electron chi connectivity index (χ2n) is 5.96. The summed E-state index contributed by atoms with van der Waals surface area (Å²) in [5.41, 5.74) is 2.82. The quantitative estimate of drug-likeness (QED) is 0.919. The molecular formula is C15H21N3O. The number of pyridine rings is 1. The molecule has 1 N–H and O–H groups in total. The van der Waals surface area contributed by atoms with Gasteiger partial charge in [-0.25, -0.2) is 4.98 Å². The highest BCUT2D eigenvalue weighted by molar-refractivity contribution is 5.81. The number of fused-ring (bicyclic) bond motifs is 1. The molecule has 2 rings (SSSR count). The molecule has 4 heteroatoms. The van der Waals surface area contributed by atoms with Crippen molar-refractivity contribution in [3.05, 3.63) is 35.8 Å². The minimum atomic E-state index is -0.337. The minimum Gasteiger partial charge on any atom is -0.355 e. The third kappa shape index (κ3) is 3.34. The Morgan fingerprint density at radius 1 is 1.32 bits per heavy atom. The number of hydrogen-bond acceptors (Lipinski definition) is 2. The molecule has 0 saturated heterocycles. The largest absolute Gasteiger partial charge is 0.355 e. The van der Waals surface area contributed by atoms with E-state index in [1.165, 1.54) is 5.56 Å². The first-order chi connectivity index (χ1) is 8.86. The maximum absolute atomic E-state index is 11.7. The van der Waals surface area contributed by atoms with Crippen molar-refractivity contribution in [3.63, 3.8) is 0 Å². The Bertz CT molecular complexity index is 593. The standard InChI is InChI=1S/C15H21N3O/c1-11-5-6-13-17-12(10-18(13)9-11)7-8-16-14(19)15(2,3)4/h5-6,9-10H,7-8H2,1-4H3,(H,16,19). The van der Waals surface area contributed by atoms with Crippen LogP contribution in [0.3, 0.4) is 0 Å². The van der Waals surface area contributed by atoms with Gasteiger partial charge in [-0.2, -0.15) is 0 Å². The molecule has 2 aromatic rings. The number of nitrogens with zero attached hydrogens (tertiary/aromatic N) is 2. The Labute approximate surface area is 113 Å². The van der Waals surface area contributed by atoms with E-state index in [0.29, 0.717) is 6.54 Å². The molecule has 0 radical (unpaired) electrons. The number of amides is 1. The molecule has 19 heavy (non-hydrogen) atoms. The molecule has 0 spiro atoms. The first-order valence-corrected chi connectivity index (χ1v) is 6.59. The lowest BCUT2D eigenvalue weighted by Crippen LogP contribution is -2.35. The molecule has 0 aliphatic carbocycles. The monoisotopic (exact) mass is 259 g/mol. The summed E-state index contributed by atoms with van der Waals surface area (Å²) >= 11 is 0. The highest BCUT2D eigenvalue weighted by Gasteiger charge is 2.20. The van der Waals surface area contributed by atoms with Gasteiger partial charge in [0.25, 0.3) is 0 Å². The molecule has 0 aromatic carbocycles. The lowest BCUT2D eigenvalue weighted by Gasteiger charge is -2.17. The van der Waals surface area contributed by atoms with E-state index in [-0.39, 0.29) is 11.3 Å². The van der Waals surface area contributed by atoms with Crippen LogP contribution < -0.4 is 5.32 Å². The summed E-state index contributed by atoms with van der Waals surface area (Å²) in [6.07, 6.45) is 4.83. The molecule has 2 heterocycles. The number of rotatable bonds is 3. The van der Waals surface area contributed by atoms with Crippen molar-refractivity contribution in [1.82, 2.24) is 14.7 Å². The summed E-state index contributed by atoms with van der Waals surface area (Å²) in [5.74, 6) is 0.0760. The molecule has 0 atom stereocenters. The van der Waals surface area contributed by atoms with Gasteiger partial charge in [0.1, 0.15) is 5.65 Å². The van der Waals surface area contributed by atoms with Gasteiger partial charge in [0.2, 0.25) is 5.91 Å². The number of imidazole rings is 1. The summed E-state index contributed by atoms with van der Waals surface area (Å²) in [6, 6.07) is 4.06. The average Bonchev–Trinajstić information content (AvgIpc) is 2.69. The first kappa shape index (κ1) is 13.6. The van der Waals surface area contributed by atoms with Gasteiger partial charge in [-0.3, -0.25) is 4.79 Å². The van der Waals surface area contributed by atoms with Crippen LogP contribution in [0.1, 0.15) is 32.0 Å².